The van der Waals surface area contributed by atoms with Gasteiger partial charge < -0.3 is 10.2 Å². The Morgan fingerprint density at radius 1 is 1.26 bits per heavy atom. The van der Waals surface area contributed by atoms with Crippen LogP contribution in [0, 0.1) is 6.92 Å². The van der Waals surface area contributed by atoms with Crippen LogP contribution in [0.15, 0.2) is 36.8 Å². The molecule has 3 aromatic heterocycles. The fraction of sp³-hybridized carbons (Fsp3) is 0.278. The molecule has 1 fully saturated rings. The molecule has 138 valence electrons. The largest absolute Gasteiger partial charge is 0.344 e. The molecule has 27 heavy (non-hydrogen) atoms. The zero-order valence-electron chi connectivity index (χ0n) is 15.0. The van der Waals surface area contributed by atoms with Gasteiger partial charge in [-0.1, -0.05) is 0 Å². The lowest BCUT2D eigenvalue weighted by Crippen LogP contribution is -2.42. The van der Waals surface area contributed by atoms with E-state index < -0.39 is 12.1 Å². The lowest BCUT2D eigenvalue weighted by atomic mass is 10.2. The summed E-state index contributed by atoms with van der Waals surface area (Å²) in [7, 11) is 1.72. The van der Waals surface area contributed by atoms with Crippen molar-refractivity contribution in [1.29, 1.82) is 0 Å². The van der Waals surface area contributed by atoms with Gasteiger partial charge in [-0.3, -0.25) is 15.1 Å². The first-order valence-electron chi connectivity index (χ1n) is 8.60. The maximum absolute atomic E-state index is 12.2. The maximum atomic E-state index is 12.2. The molecule has 0 saturated carbocycles. The normalized spacial score (nSPS) is 16.7. The first-order chi connectivity index (χ1) is 13.0. The summed E-state index contributed by atoms with van der Waals surface area (Å²) in [5.74, 6) is 0.312. The van der Waals surface area contributed by atoms with Gasteiger partial charge in [-0.25, -0.2) is 14.5 Å². The van der Waals surface area contributed by atoms with E-state index in [1.807, 2.05) is 19.1 Å². The van der Waals surface area contributed by atoms with E-state index in [2.05, 4.69) is 25.7 Å². The molecule has 0 aliphatic carbocycles. The molecule has 1 unspecified atom stereocenters. The SMILES string of the molecule is Cc1cc(-n2ncc3cc(NC(=O)NC4CCN(C)C4=O)ncc32)ccn1. The summed E-state index contributed by atoms with van der Waals surface area (Å²) in [6.07, 6.45) is 5.70. The van der Waals surface area contributed by atoms with Crippen LogP contribution in [0.3, 0.4) is 0 Å². The van der Waals surface area contributed by atoms with E-state index in [0.717, 1.165) is 22.3 Å². The number of likely N-dealkylation sites (tertiary alicyclic amines) is 1. The third-order valence-electron chi connectivity index (χ3n) is 4.55. The van der Waals surface area contributed by atoms with E-state index in [-0.39, 0.29) is 5.91 Å². The Labute approximate surface area is 155 Å². The summed E-state index contributed by atoms with van der Waals surface area (Å²) in [4.78, 5) is 34.1. The Hall–Kier alpha value is -3.49. The minimum absolute atomic E-state index is 0.0810. The van der Waals surface area contributed by atoms with Crippen molar-refractivity contribution in [3.8, 4) is 5.69 Å². The van der Waals surface area contributed by atoms with Crippen LogP contribution in [0.2, 0.25) is 0 Å². The number of aromatic nitrogens is 4. The first-order valence-corrected chi connectivity index (χ1v) is 8.60. The number of urea groups is 1. The molecule has 0 bridgehead atoms. The van der Waals surface area contributed by atoms with Crippen molar-refractivity contribution < 1.29 is 9.59 Å². The summed E-state index contributed by atoms with van der Waals surface area (Å²) in [6, 6.07) is 4.61. The van der Waals surface area contributed by atoms with Crippen LogP contribution in [0.5, 0.6) is 0 Å². The molecule has 0 aromatic carbocycles. The Morgan fingerprint density at radius 3 is 2.85 bits per heavy atom. The number of rotatable bonds is 3. The number of aryl methyl sites for hydroxylation is 1. The van der Waals surface area contributed by atoms with Gasteiger partial charge in [0, 0.05) is 30.9 Å². The van der Waals surface area contributed by atoms with Gasteiger partial charge in [-0.15, -0.1) is 0 Å². The first kappa shape index (κ1) is 17.0. The second-order valence-corrected chi connectivity index (χ2v) is 6.54. The molecular formula is C18H19N7O2. The molecule has 0 spiro atoms. The standard InChI is InChI=1S/C18H19N7O2/c1-11-7-13(3-5-19-11)25-15-10-20-16(8-12(15)9-21-25)23-18(27)22-14-4-6-24(2)17(14)26/h3,5,7-10,14H,4,6H2,1-2H3,(H2,20,22,23,27). The van der Waals surface area contributed by atoms with Crippen molar-refractivity contribution in [2.24, 2.45) is 0 Å². The Balaban J connectivity index is 1.51. The zero-order valence-corrected chi connectivity index (χ0v) is 15.0. The number of carbonyl (C=O) groups excluding carboxylic acids is 2. The smallest absolute Gasteiger partial charge is 0.321 e. The van der Waals surface area contributed by atoms with Crippen LogP contribution in [-0.2, 0) is 4.79 Å². The Morgan fingerprint density at radius 2 is 2.11 bits per heavy atom. The van der Waals surface area contributed by atoms with E-state index in [1.54, 1.807) is 41.3 Å². The van der Waals surface area contributed by atoms with Crippen molar-refractivity contribution in [3.05, 3.63) is 42.5 Å². The molecule has 9 nitrogen and oxygen atoms in total. The summed E-state index contributed by atoms with van der Waals surface area (Å²) in [6.45, 7) is 2.56. The monoisotopic (exact) mass is 365 g/mol. The van der Waals surface area contributed by atoms with Gasteiger partial charge in [0.1, 0.15) is 11.9 Å². The van der Waals surface area contributed by atoms with Gasteiger partial charge in [-0.05, 0) is 31.5 Å². The van der Waals surface area contributed by atoms with Crippen molar-refractivity contribution in [2.45, 2.75) is 19.4 Å². The van der Waals surface area contributed by atoms with Crippen molar-refractivity contribution in [2.75, 3.05) is 18.9 Å². The molecule has 9 heteroatoms. The van der Waals surface area contributed by atoms with Gasteiger partial charge >= 0.3 is 6.03 Å². The molecule has 3 amide bonds. The van der Waals surface area contributed by atoms with E-state index in [0.29, 0.717) is 18.8 Å². The Bertz CT molecular complexity index is 1030. The summed E-state index contributed by atoms with van der Waals surface area (Å²) in [5.41, 5.74) is 2.60. The van der Waals surface area contributed by atoms with Gasteiger partial charge in [0.15, 0.2) is 0 Å². The molecular weight excluding hydrogens is 346 g/mol. The van der Waals surface area contributed by atoms with Crippen LogP contribution < -0.4 is 10.6 Å². The van der Waals surface area contributed by atoms with Gasteiger partial charge in [-0.2, -0.15) is 5.10 Å². The van der Waals surface area contributed by atoms with E-state index in [1.165, 1.54) is 0 Å². The molecule has 3 aromatic rings. The molecule has 0 radical (unpaired) electrons. The molecule has 1 aliphatic heterocycles. The summed E-state index contributed by atoms with van der Waals surface area (Å²) in [5, 5.41) is 10.6. The number of fused-ring (bicyclic) bond motifs is 1. The quantitative estimate of drug-likeness (QED) is 0.731. The van der Waals surface area contributed by atoms with Crippen LogP contribution in [0.1, 0.15) is 12.1 Å². The number of nitrogens with one attached hydrogen (secondary N) is 2. The van der Waals surface area contributed by atoms with Gasteiger partial charge in [0.25, 0.3) is 0 Å². The van der Waals surface area contributed by atoms with Crippen LogP contribution in [0.25, 0.3) is 16.6 Å². The lowest BCUT2D eigenvalue weighted by Gasteiger charge is -2.12. The molecule has 1 saturated heterocycles. The number of anilines is 1. The molecule has 1 atom stereocenters. The highest BCUT2D eigenvalue weighted by Gasteiger charge is 2.30. The predicted octanol–water partition coefficient (Wildman–Crippen LogP) is 1.48. The topological polar surface area (TPSA) is 105 Å². The number of carbonyl (C=O) groups is 2. The minimum Gasteiger partial charge on any atom is -0.344 e. The van der Waals surface area contributed by atoms with Crippen LogP contribution >= 0.6 is 0 Å². The number of hydrogen-bond acceptors (Lipinski definition) is 5. The number of pyridine rings is 2. The highest BCUT2D eigenvalue weighted by Crippen LogP contribution is 2.20. The van der Waals surface area contributed by atoms with Crippen molar-refractivity contribution in [1.82, 2.24) is 30.0 Å². The summed E-state index contributed by atoms with van der Waals surface area (Å²) < 4.78 is 1.77. The van der Waals surface area contributed by atoms with Crippen molar-refractivity contribution in [3.63, 3.8) is 0 Å². The third-order valence-corrected chi connectivity index (χ3v) is 4.55. The molecule has 1 aliphatic rings. The highest BCUT2D eigenvalue weighted by molar-refractivity contribution is 5.95. The van der Waals surface area contributed by atoms with E-state index in [9.17, 15) is 9.59 Å². The maximum Gasteiger partial charge on any atom is 0.321 e. The molecule has 2 N–H and O–H groups in total. The zero-order chi connectivity index (χ0) is 19.0. The van der Waals surface area contributed by atoms with E-state index >= 15 is 0 Å². The average molecular weight is 365 g/mol. The second-order valence-electron chi connectivity index (χ2n) is 6.54. The fourth-order valence-electron chi connectivity index (χ4n) is 3.13. The number of amides is 3. The van der Waals surface area contributed by atoms with Gasteiger partial charge in [0.05, 0.1) is 23.6 Å². The molecule has 4 heterocycles. The van der Waals surface area contributed by atoms with Gasteiger partial charge in [0.2, 0.25) is 5.91 Å². The summed E-state index contributed by atoms with van der Waals surface area (Å²) >= 11 is 0. The molecule has 4 rings (SSSR count). The highest BCUT2D eigenvalue weighted by atomic mass is 16.2. The second kappa shape index (κ2) is 6.67. The number of nitrogens with zero attached hydrogens (tertiary/aromatic N) is 5. The number of hydrogen-bond donors (Lipinski definition) is 2. The predicted molar refractivity (Wildman–Crippen MR) is 99.6 cm³/mol. The van der Waals surface area contributed by atoms with Crippen molar-refractivity contribution >= 4 is 28.7 Å². The third kappa shape index (κ3) is 3.31. The minimum atomic E-state index is -0.489. The average Bonchev–Trinajstić information content (AvgIpc) is 3.20. The van der Waals surface area contributed by atoms with Crippen LogP contribution in [0.4, 0.5) is 10.6 Å². The lowest BCUT2D eigenvalue weighted by molar-refractivity contribution is -0.128. The van der Waals surface area contributed by atoms with Crippen LogP contribution in [-0.4, -0.2) is 56.2 Å². The number of likely N-dealkylation sites (N-methyl/N-ethyl adjacent to an activating group) is 1. The van der Waals surface area contributed by atoms with E-state index in [4.69, 9.17) is 0 Å². The fourth-order valence-corrected chi connectivity index (χ4v) is 3.13. The Kier molecular flexibility index (Phi) is 4.19.